The van der Waals surface area contributed by atoms with Crippen molar-refractivity contribution >= 4 is 28.5 Å². The summed E-state index contributed by atoms with van der Waals surface area (Å²) in [6, 6.07) is 15.4. The lowest BCUT2D eigenvalue weighted by molar-refractivity contribution is -0.153. The SMILES string of the molecule is Cc1ccc(NC(=O)[C@H](C)OC(=O)CCc2c[nH]c3ccccc23)cc1. The summed E-state index contributed by atoms with van der Waals surface area (Å²) in [5.41, 5.74) is 3.90. The van der Waals surface area contributed by atoms with Crippen LogP contribution in [0, 0.1) is 6.92 Å². The minimum Gasteiger partial charge on any atom is -0.453 e. The topological polar surface area (TPSA) is 71.2 Å². The van der Waals surface area contributed by atoms with Gasteiger partial charge >= 0.3 is 5.97 Å². The van der Waals surface area contributed by atoms with Crippen molar-refractivity contribution < 1.29 is 14.3 Å². The molecule has 0 bridgehead atoms. The maximum absolute atomic E-state index is 12.1. The van der Waals surface area contributed by atoms with Gasteiger partial charge in [-0.1, -0.05) is 35.9 Å². The number of ether oxygens (including phenoxy) is 1. The number of aryl methyl sites for hydroxylation is 2. The number of aromatic nitrogens is 1. The number of hydrogen-bond donors (Lipinski definition) is 2. The number of aromatic amines is 1. The van der Waals surface area contributed by atoms with Crippen LogP contribution in [-0.4, -0.2) is 23.0 Å². The van der Waals surface area contributed by atoms with E-state index in [4.69, 9.17) is 4.74 Å². The Labute approximate surface area is 152 Å². The third-order valence-electron chi connectivity index (χ3n) is 4.27. The minimum atomic E-state index is -0.841. The van der Waals surface area contributed by atoms with Crippen molar-refractivity contribution in [2.75, 3.05) is 5.32 Å². The first-order valence-corrected chi connectivity index (χ1v) is 8.65. The maximum Gasteiger partial charge on any atom is 0.306 e. The van der Waals surface area contributed by atoms with Gasteiger partial charge in [-0.25, -0.2) is 0 Å². The fourth-order valence-electron chi connectivity index (χ4n) is 2.77. The van der Waals surface area contributed by atoms with E-state index in [0.29, 0.717) is 12.1 Å². The molecule has 3 rings (SSSR count). The number of benzene rings is 2. The van der Waals surface area contributed by atoms with Crippen LogP contribution in [0.1, 0.15) is 24.5 Å². The van der Waals surface area contributed by atoms with Gasteiger partial charge in [0.25, 0.3) is 5.91 Å². The first-order valence-electron chi connectivity index (χ1n) is 8.65. The van der Waals surface area contributed by atoms with Crippen LogP contribution >= 0.6 is 0 Å². The number of carbonyl (C=O) groups excluding carboxylic acids is 2. The molecule has 0 spiro atoms. The Morgan fingerprint density at radius 1 is 1.12 bits per heavy atom. The third kappa shape index (κ3) is 4.30. The van der Waals surface area contributed by atoms with Crippen molar-refractivity contribution in [3.63, 3.8) is 0 Å². The summed E-state index contributed by atoms with van der Waals surface area (Å²) in [4.78, 5) is 27.4. The molecule has 1 atom stereocenters. The summed E-state index contributed by atoms with van der Waals surface area (Å²) in [5.74, 6) is -0.726. The van der Waals surface area contributed by atoms with Crippen molar-refractivity contribution in [3.8, 4) is 0 Å². The summed E-state index contributed by atoms with van der Waals surface area (Å²) in [7, 11) is 0. The summed E-state index contributed by atoms with van der Waals surface area (Å²) in [6.07, 6.45) is 1.86. The molecular formula is C21H22N2O3. The second-order valence-corrected chi connectivity index (χ2v) is 6.35. The molecule has 0 unspecified atom stereocenters. The Morgan fingerprint density at radius 3 is 2.62 bits per heavy atom. The zero-order chi connectivity index (χ0) is 18.5. The van der Waals surface area contributed by atoms with Gasteiger partial charge < -0.3 is 15.0 Å². The van der Waals surface area contributed by atoms with Gasteiger partial charge in [-0.15, -0.1) is 0 Å². The van der Waals surface area contributed by atoms with Crippen molar-refractivity contribution in [1.29, 1.82) is 0 Å². The lowest BCUT2D eigenvalue weighted by atomic mass is 10.1. The average molecular weight is 350 g/mol. The molecule has 2 aromatic carbocycles. The van der Waals surface area contributed by atoms with E-state index >= 15 is 0 Å². The quantitative estimate of drug-likeness (QED) is 0.661. The molecule has 1 heterocycles. The van der Waals surface area contributed by atoms with E-state index in [-0.39, 0.29) is 18.3 Å². The van der Waals surface area contributed by atoms with Crippen LogP contribution in [0.4, 0.5) is 5.69 Å². The van der Waals surface area contributed by atoms with E-state index in [9.17, 15) is 9.59 Å². The molecule has 1 amide bonds. The molecule has 0 aliphatic rings. The van der Waals surface area contributed by atoms with E-state index in [1.165, 1.54) is 0 Å². The van der Waals surface area contributed by atoms with Crippen LogP contribution in [0.3, 0.4) is 0 Å². The van der Waals surface area contributed by atoms with Gasteiger partial charge in [-0.2, -0.15) is 0 Å². The Kier molecular flexibility index (Phi) is 5.37. The van der Waals surface area contributed by atoms with Crippen molar-refractivity contribution in [2.45, 2.75) is 32.8 Å². The van der Waals surface area contributed by atoms with E-state index in [1.807, 2.05) is 61.7 Å². The predicted molar refractivity (Wildman–Crippen MR) is 102 cm³/mol. The Bertz CT molecular complexity index is 912. The first-order chi connectivity index (χ1) is 12.5. The molecule has 0 saturated heterocycles. The highest BCUT2D eigenvalue weighted by atomic mass is 16.5. The monoisotopic (exact) mass is 350 g/mol. The van der Waals surface area contributed by atoms with E-state index in [0.717, 1.165) is 22.0 Å². The Balaban J connectivity index is 1.50. The second kappa shape index (κ2) is 7.87. The van der Waals surface area contributed by atoms with Crippen LogP contribution in [0.25, 0.3) is 10.9 Å². The van der Waals surface area contributed by atoms with Gasteiger partial charge in [0.2, 0.25) is 0 Å². The molecule has 3 aromatic rings. The van der Waals surface area contributed by atoms with Gasteiger partial charge in [0.1, 0.15) is 0 Å². The van der Waals surface area contributed by atoms with Gasteiger partial charge in [0, 0.05) is 29.2 Å². The number of esters is 1. The van der Waals surface area contributed by atoms with Gasteiger partial charge in [0.05, 0.1) is 0 Å². The largest absolute Gasteiger partial charge is 0.453 e. The number of rotatable bonds is 6. The highest BCUT2D eigenvalue weighted by Gasteiger charge is 2.18. The predicted octanol–water partition coefficient (Wildman–Crippen LogP) is 3.98. The smallest absolute Gasteiger partial charge is 0.306 e. The highest BCUT2D eigenvalue weighted by molar-refractivity contribution is 5.95. The molecule has 134 valence electrons. The van der Waals surface area contributed by atoms with Gasteiger partial charge in [-0.3, -0.25) is 9.59 Å². The first kappa shape index (κ1) is 17.7. The lowest BCUT2D eigenvalue weighted by Crippen LogP contribution is -2.30. The number of hydrogen-bond acceptors (Lipinski definition) is 3. The zero-order valence-corrected chi connectivity index (χ0v) is 14.9. The number of carbonyl (C=O) groups is 2. The highest BCUT2D eigenvalue weighted by Crippen LogP contribution is 2.19. The van der Waals surface area contributed by atoms with Crippen LogP contribution in [0.15, 0.2) is 54.7 Å². The number of nitrogens with one attached hydrogen (secondary N) is 2. The molecule has 0 radical (unpaired) electrons. The molecule has 1 aromatic heterocycles. The van der Waals surface area contributed by atoms with E-state index < -0.39 is 6.10 Å². The Morgan fingerprint density at radius 2 is 1.85 bits per heavy atom. The molecule has 0 saturated carbocycles. The summed E-state index contributed by atoms with van der Waals surface area (Å²) in [6.45, 7) is 3.55. The molecule has 26 heavy (non-hydrogen) atoms. The summed E-state index contributed by atoms with van der Waals surface area (Å²) < 4.78 is 5.26. The van der Waals surface area contributed by atoms with Crippen LogP contribution < -0.4 is 5.32 Å². The van der Waals surface area contributed by atoms with E-state index in [1.54, 1.807) is 6.92 Å². The zero-order valence-electron chi connectivity index (χ0n) is 14.9. The van der Waals surface area contributed by atoms with E-state index in [2.05, 4.69) is 10.3 Å². The van der Waals surface area contributed by atoms with Gasteiger partial charge in [-0.05, 0) is 44.0 Å². The molecule has 5 heteroatoms. The fourth-order valence-corrected chi connectivity index (χ4v) is 2.77. The molecule has 2 N–H and O–H groups in total. The van der Waals surface area contributed by atoms with Crippen molar-refractivity contribution in [1.82, 2.24) is 4.98 Å². The lowest BCUT2D eigenvalue weighted by Gasteiger charge is -2.13. The normalized spacial score (nSPS) is 11.9. The van der Waals surface area contributed by atoms with Crippen LogP contribution in [0.2, 0.25) is 0 Å². The van der Waals surface area contributed by atoms with Crippen molar-refractivity contribution in [3.05, 3.63) is 65.9 Å². The van der Waals surface area contributed by atoms with Crippen molar-refractivity contribution in [2.24, 2.45) is 0 Å². The second-order valence-electron chi connectivity index (χ2n) is 6.35. The number of amides is 1. The standard InChI is InChI=1S/C21H22N2O3/c1-14-7-10-17(11-8-14)23-21(25)15(2)26-20(24)12-9-16-13-22-19-6-4-3-5-18(16)19/h3-8,10-11,13,15,22H,9,12H2,1-2H3,(H,23,25)/t15-/m0/s1. The molecule has 0 aliphatic carbocycles. The van der Waals surface area contributed by atoms with Crippen LogP contribution in [-0.2, 0) is 20.7 Å². The number of para-hydroxylation sites is 1. The van der Waals surface area contributed by atoms with Gasteiger partial charge in [0.15, 0.2) is 6.10 Å². The number of H-pyrrole nitrogens is 1. The Hall–Kier alpha value is -3.08. The molecule has 5 nitrogen and oxygen atoms in total. The van der Waals surface area contributed by atoms with Crippen LogP contribution in [0.5, 0.6) is 0 Å². The average Bonchev–Trinajstić information content (AvgIpc) is 3.05. The summed E-state index contributed by atoms with van der Waals surface area (Å²) >= 11 is 0. The molecule has 0 aliphatic heterocycles. The number of anilines is 1. The maximum atomic E-state index is 12.1. The molecular weight excluding hydrogens is 328 g/mol. The molecule has 0 fully saturated rings. The third-order valence-corrected chi connectivity index (χ3v) is 4.27. The fraction of sp³-hybridized carbons (Fsp3) is 0.238. The summed E-state index contributed by atoms with van der Waals surface area (Å²) in [5, 5.41) is 3.85. The minimum absolute atomic E-state index is 0.226. The number of fused-ring (bicyclic) bond motifs is 1.